The topological polar surface area (TPSA) is 63.8 Å². The van der Waals surface area contributed by atoms with Crippen molar-refractivity contribution in [2.24, 2.45) is 11.3 Å². The van der Waals surface area contributed by atoms with Crippen LogP contribution in [0.1, 0.15) is 32.5 Å². The molecular formula is C7H14N4S. The van der Waals surface area contributed by atoms with E-state index in [4.69, 9.17) is 5.84 Å². The first-order valence-electron chi connectivity index (χ1n) is 3.79. The Morgan fingerprint density at radius 1 is 1.58 bits per heavy atom. The van der Waals surface area contributed by atoms with Gasteiger partial charge in [-0.2, -0.15) is 8.75 Å². The van der Waals surface area contributed by atoms with E-state index >= 15 is 0 Å². The number of rotatable bonds is 2. The largest absolute Gasteiger partial charge is 0.271 e. The molecule has 0 spiro atoms. The van der Waals surface area contributed by atoms with Crippen LogP contribution in [0.4, 0.5) is 0 Å². The molecule has 1 aromatic rings. The van der Waals surface area contributed by atoms with E-state index in [1.807, 2.05) is 0 Å². The van der Waals surface area contributed by atoms with Gasteiger partial charge in [-0.3, -0.25) is 11.3 Å². The average Bonchev–Trinajstić information content (AvgIpc) is 2.38. The van der Waals surface area contributed by atoms with E-state index in [2.05, 4.69) is 34.9 Å². The van der Waals surface area contributed by atoms with Gasteiger partial charge in [0.2, 0.25) is 0 Å². The maximum absolute atomic E-state index is 5.44. The summed E-state index contributed by atoms with van der Waals surface area (Å²) in [5.74, 6) is 5.44. The first-order chi connectivity index (χ1) is 5.55. The summed E-state index contributed by atoms with van der Waals surface area (Å²) >= 11 is 1.20. The van der Waals surface area contributed by atoms with Crippen LogP contribution in [0.5, 0.6) is 0 Å². The summed E-state index contributed by atoms with van der Waals surface area (Å²) in [4.78, 5) is 0. The zero-order valence-electron chi connectivity index (χ0n) is 7.53. The highest BCUT2D eigenvalue weighted by Gasteiger charge is 2.26. The molecule has 0 saturated heterocycles. The summed E-state index contributed by atoms with van der Waals surface area (Å²) in [5.41, 5.74) is 3.72. The van der Waals surface area contributed by atoms with E-state index < -0.39 is 0 Å². The SMILES string of the molecule is CC(C)(C)C(NN)c1cnsn1. The summed E-state index contributed by atoms with van der Waals surface area (Å²) in [6, 6.07) is 0.0660. The summed E-state index contributed by atoms with van der Waals surface area (Å²) in [5, 5.41) is 0. The molecule has 0 aliphatic carbocycles. The summed E-state index contributed by atoms with van der Waals surface area (Å²) in [6.45, 7) is 6.32. The third-order valence-electron chi connectivity index (χ3n) is 1.71. The third-order valence-corrected chi connectivity index (χ3v) is 2.20. The highest BCUT2D eigenvalue weighted by atomic mass is 32.1. The normalized spacial score (nSPS) is 14.7. The van der Waals surface area contributed by atoms with Gasteiger partial charge in [-0.25, -0.2) is 0 Å². The van der Waals surface area contributed by atoms with Crippen LogP contribution in [-0.4, -0.2) is 8.75 Å². The number of nitrogens with zero attached hydrogens (tertiary/aromatic N) is 2. The number of aromatic nitrogens is 2. The smallest absolute Gasteiger partial charge is 0.0931 e. The maximum atomic E-state index is 5.44. The average molecular weight is 186 g/mol. The summed E-state index contributed by atoms with van der Waals surface area (Å²) in [7, 11) is 0. The minimum atomic E-state index is 0.0600. The molecule has 0 aliphatic heterocycles. The summed E-state index contributed by atoms with van der Waals surface area (Å²) < 4.78 is 8.08. The van der Waals surface area contributed by atoms with Gasteiger partial charge in [-0.05, 0) is 5.41 Å². The Labute approximate surface area is 76.5 Å². The van der Waals surface area contributed by atoms with E-state index in [0.717, 1.165) is 5.69 Å². The standard InChI is InChI=1S/C7H14N4S/c1-7(2,3)6(10-8)5-4-9-12-11-5/h4,6,10H,8H2,1-3H3. The molecule has 0 saturated carbocycles. The van der Waals surface area contributed by atoms with Gasteiger partial charge in [-0.1, -0.05) is 20.8 Å². The van der Waals surface area contributed by atoms with Crippen LogP contribution in [0.2, 0.25) is 0 Å². The number of hydrogen-bond donors (Lipinski definition) is 2. The molecule has 1 rings (SSSR count). The van der Waals surface area contributed by atoms with Crippen LogP contribution < -0.4 is 11.3 Å². The monoisotopic (exact) mass is 186 g/mol. The van der Waals surface area contributed by atoms with Crippen molar-refractivity contribution in [3.05, 3.63) is 11.9 Å². The quantitative estimate of drug-likeness (QED) is 0.536. The molecule has 0 amide bonds. The van der Waals surface area contributed by atoms with Crippen molar-refractivity contribution in [3.8, 4) is 0 Å². The molecule has 0 aromatic carbocycles. The molecule has 68 valence electrons. The van der Waals surface area contributed by atoms with Crippen molar-refractivity contribution in [3.63, 3.8) is 0 Å². The van der Waals surface area contributed by atoms with Gasteiger partial charge in [0, 0.05) is 0 Å². The van der Waals surface area contributed by atoms with Gasteiger partial charge in [0.05, 0.1) is 29.7 Å². The number of hydrazine groups is 1. The van der Waals surface area contributed by atoms with Crippen molar-refractivity contribution in [2.45, 2.75) is 26.8 Å². The van der Waals surface area contributed by atoms with Gasteiger partial charge >= 0.3 is 0 Å². The van der Waals surface area contributed by atoms with Crippen molar-refractivity contribution < 1.29 is 0 Å². The van der Waals surface area contributed by atoms with E-state index in [1.54, 1.807) is 6.20 Å². The van der Waals surface area contributed by atoms with Gasteiger partial charge in [-0.15, -0.1) is 0 Å². The second-order valence-corrected chi connectivity index (χ2v) is 4.35. The second kappa shape index (κ2) is 3.47. The molecule has 1 atom stereocenters. The molecular weight excluding hydrogens is 172 g/mol. The highest BCUT2D eigenvalue weighted by molar-refractivity contribution is 6.99. The van der Waals surface area contributed by atoms with Crippen LogP contribution >= 0.6 is 11.7 Å². The number of hydrogen-bond acceptors (Lipinski definition) is 5. The van der Waals surface area contributed by atoms with Crippen molar-refractivity contribution in [1.29, 1.82) is 0 Å². The van der Waals surface area contributed by atoms with Crippen LogP contribution in [-0.2, 0) is 0 Å². The molecule has 1 unspecified atom stereocenters. The van der Waals surface area contributed by atoms with E-state index in [9.17, 15) is 0 Å². The zero-order chi connectivity index (χ0) is 9.19. The van der Waals surface area contributed by atoms with E-state index in [0.29, 0.717) is 0 Å². The molecule has 0 bridgehead atoms. The Hall–Kier alpha value is -0.520. The third kappa shape index (κ3) is 2.00. The van der Waals surface area contributed by atoms with Gasteiger partial charge in [0.15, 0.2) is 0 Å². The predicted molar refractivity (Wildman–Crippen MR) is 49.4 cm³/mol. The Morgan fingerprint density at radius 3 is 2.58 bits per heavy atom. The lowest BCUT2D eigenvalue weighted by Gasteiger charge is -2.27. The molecule has 1 heterocycles. The molecule has 0 aliphatic rings. The Balaban J connectivity index is 2.84. The number of nitrogens with two attached hydrogens (primary N) is 1. The molecule has 1 aromatic heterocycles. The van der Waals surface area contributed by atoms with Crippen molar-refractivity contribution >= 4 is 11.7 Å². The Kier molecular flexibility index (Phi) is 2.76. The minimum absolute atomic E-state index is 0.0600. The van der Waals surface area contributed by atoms with Crippen molar-refractivity contribution in [1.82, 2.24) is 14.2 Å². The first kappa shape index (κ1) is 9.57. The fourth-order valence-electron chi connectivity index (χ4n) is 1.08. The van der Waals surface area contributed by atoms with Crippen molar-refractivity contribution in [2.75, 3.05) is 0 Å². The molecule has 4 nitrogen and oxygen atoms in total. The maximum Gasteiger partial charge on any atom is 0.0931 e. The van der Waals surface area contributed by atoms with Gasteiger partial charge in [0.25, 0.3) is 0 Å². The van der Waals surface area contributed by atoms with E-state index in [1.165, 1.54) is 11.7 Å². The van der Waals surface area contributed by atoms with Gasteiger partial charge in [0.1, 0.15) is 0 Å². The predicted octanol–water partition coefficient (Wildman–Crippen LogP) is 1.09. The lowest BCUT2D eigenvalue weighted by atomic mass is 9.85. The van der Waals surface area contributed by atoms with Crippen LogP contribution in [0.3, 0.4) is 0 Å². The summed E-state index contributed by atoms with van der Waals surface area (Å²) in [6.07, 6.45) is 1.75. The van der Waals surface area contributed by atoms with Gasteiger partial charge < -0.3 is 0 Å². The molecule has 5 heteroatoms. The second-order valence-electron chi connectivity index (χ2n) is 3.80. The van der Waals surface area contributed by atoms with Crippen LogP contribution in [0, 0.1) is 5.41 Å². The Bertz CT molecular complexity index is 226. The Morgan fingerprint density at radius 2 is 2.25 bits per heavy atom. The van der Waals surface area contributed by atoms with Crippen LogP contribution in [0.25, 0.3) is 0 Å². The lowest BCUT2D eigenvalue weighted by Crippen LogP contribution is -2.37. The zero-order valence-corrected chi connectivity index (χ0v) is 8.35. The molecule has 3 N–H and O–H groups in total. The molecule has 12 heavy (non-hydrogen) atoms. The minimum Gasteiger partial charge on any atom is -0.271 e. The highest BCUT2D eigenvalue weighted by Crippen LogP contribution is 2.30. The first-order valence-corrected chi connectivity index (χ1v) is 4.52. The van der Waals surface area contributed by atoms with Crippen LogP contribution in [0.15, 0.2) is 6.20 Å². The molecule has 0 radical (unpaired) electrons. The molecule has 0 fully saturated rings. The fraction of sp³-hybridized carbons (Fsp3) is 0.714. The fourth-order valence-corrected chi connectivity index (χ4v) is 1.53. The lowest BCUT2D eigenvalue weighted by molar-refractivity contribution is 0.271. The number of nitrogens with one attached hydrogen (secondary N) is 1. The van der Waals surface area contributed by atoms with E-state index in [-0.39, 0.29) is 11.5 Å².